The summed E-state index contributed by atoms with van der Waals surface area (Å²) in [6, 6.07) is 50.4. The number of nitrogens with zero attached hydrogens (tertiary/aromatic N) is 1. The van der Waals surface area contributed by atoms with Crippen LogP contribution >= 0.6 is 0 Å². The molecule has 6 aromatic carbocycles. The highest BCUT2D eigenvalue weighted by molar-refractivity contribution is 6.05. The van der Waals surface area contributed by atoms with Gasteiger partial charge in [-0.2, -0.15) is 0 Å². The molecule has 5 atom stereocenters. The molecule has 0 saturated heterocycles. The van der Waals surface area contributed by atoms with Crippen LogP contribution in [0.25, 0.3) is 44.2 Å². The second-order valence-corrected chi connectivity index (χ2v) is 18.3. The van der Waals surface area contributed by atoms with Crippen molar-refractivity contribution in [2.24, 2.45) is 28.7 Å². The average molecular weight is 770 g/mol. The number of allylic oxidation sites excluding steroid dienone is 5. The maximum atomic E-state index is 5.94. The van der Waals surface area contributed by atoms with E-state index in [-0.39, 0.29) is 23.3 Å². The van der Waals surface area contributed by atoms with Gasteiger partial charge in [0.05, 0.1) is 6.04 Å². The summed E-state index contributed by atoms with van der Waals surface area (Å²) < 4.78 is 0. The summed E-state index contributed by atoms with van der Waals surface area (Å²) in [4.78, 5) is 5.94. The van der Waals surface area contributed by atoms with E-state index in [1.165, 1.54) is 102 Å². The van der Waals surface area contributed by atoms with Crippen LogP contribution in [0.4, 0.5) is 0 Å². The second-order valence-electron chi connectivity index (χ2n) is 18.3. The Morgan fingerprint density at radius 1 is 0.610 bits per heavy atom. The molecule has 0 radical (unpaired) electrons. The molecule has 9 rings (SSSR count). The molecule has 0 spiro atoms. The third-order valence-corrected chi connectivity index (χ3v) is 14.3. The van der Waals surface area contributed by atoms with Crippen molar-refractivity contribution in [3.05, 3.63) is 191 Å². The van der Waals surface area contributed by atoms with Gasteiger partial charge in [-0.15, -0.1) is 0 Å². The lowest BCUT2D eigenvalue weighted by atomic mass is 9.76. The van der Waals surface area contributed by atoms with Crippen molar-refractivity contribution in [1.29, 1.82) is 0 Å². The van der Waals surface area contributed by atoms with Gasteiger partial charge in [-0.1, -0.05) is 199 Å². The molecule has 0 N–H and O–H groups in total. The monoisotopic (exact) mass is 769 g/mol. The first kappa shape index (κ1) is 39.0. The summed E-state index contributed by atoms with van der Waals surface area (Å²) in [5.41, 5.74) is 18.8. The van der Waals surface area contributed by atoms with Crippen molar-refractivity contribution in [3.8, 4) is 22.3 Å². The molecule has 59 heavy (non-hydrogen) atoms. The van der Waals surface area contributed by atoms with E-state index in [2.05, 4.69) is 200 Å². The standard InChI is InChI=1S/C58H59N/c1-8-44-46(42-31-29-41(30-32-42)45-33-26-37(2)25-27-38(3)40(45)5)34-28-39(4)56(43-17-10-9-11-18-43)59-57(44)51-36-35-49(47-19-12-13-20-48(47)51)50-22-16-24-54-55(50)52-21-14-15-23-53(52)58(54,6)7/h9-24,26,29-36,38-40,44,57H,8,25,27-28H2,1-7H3/b37-26-,45-33+,46-34+,59-56?. The van der Waals surface area contributed by atoms with Crippen LogP contribution in [0.1, 0.15) is 114 Å². The van der Waals surface area contributed by atoms with Crippen LogP contribution in [0, 0.1) is 23.7 Å². The summed E-state index contributed by atoms with van der Waals surface area (Å²) >= 11 is 0. The predicted octanol–water partition coefficient (Wildman–Crippen LogP) is 15.9. The number of aliphatic imine (C=N–C) groups is 1. The third kappa shape index (κ3) is 6.97. The number of rotatable bonds is 6. The Balaban J connectivity index is 1.19. The minimum atomic E-state index is -0.0636. The minimum Gasteiger partial charge on any atom is -0.280 e. The van der Waals surface area contributed by atoms with Gasteiger partial charge in [0.15, 0.2) is 0 Å². The van der Waals surface area contributed by atoms with Crippen molar-refractivity contribution in [3.63, 3.8) is 0 Å². The van der Waals surface area contributed by atoms with Crippen LogP contribution in [-0.2, 0) is 5.41 Å². The van der Waals surface area contributed by atoms with Gasteiger partial charge in [-0.05, 0) is 122 Å². The molecule has 0 saturated carbocycles. The Labute approximate surface area is 353 Å². The van der Waals surface area contributed by atoms with Crippen molar-refractivity contribution < 1.29 is 0 Å². The van der Waals surface area contributed by atoms with E-state index in [0.717, 1.165) is 12.8 Å². The second kappa shape index (κ2) is 15.9. The van der Waals surface area contributed by atoms with Gasteiger partial charge in [0, 0.05) is 23.0 Å². The molecular weight excluding hydrogens is 711 g/mol. The van der Waals surface area contributed by atoms with Crippen LogP contribution in [0.3, 0.4) is 0 Å². The lowest BCUT2D eigenvalue weighted by Crippen LogP contribution is -2.22. The first-order valence-corrected chi connectivity index (χ1v) is 22.2. The number of benzene rings is 6. The molecule has 0 fully saturated rings. The highest BCUT2D eigenvalue weighted by atomic mass is 14.8. The van der Waals surface area contributed by atoms with E-state index in [4.69, 9.17) is 4.99 Å². The van der Waals surface area contributed by atoms with E-state index >= 15 is 0 Å². The Morgan fingerprint density at radius 3 is 2.03 bits per heavy atom. The van der Waals surface area contributed by atoms with Gasteiger partial charge < -0.3 is 0 Å². The first-order chi connectivity index (χ1) is 28.7. The van der Waals surface area contributed by atoms with Gasteiger partial charge in [0.1, 0.15) is 0 Å². The molecule has 0 aromatic heterocycles. The fraction of sp³-hybridized carbons (Fsp3) is 0.293. The molecule has 6 aromatic rings. The van der Waals surface area contributed by atoms with E-state index in [1.54, 1.807) is 0 Å². The van der Waals surface area contributed by atoms with Crippen molar-refractivity contribution in [1.82, 2.24) is 0 Å². The summed E-state index contributed by atoms with van der Waals surface area (Å²) in [5.74, 6) is 1.62. The van der Waals surface area contributed by atoms with Crippen LogP contribution in [-0.4, -0.2) is 5.71 Å². The molecular formula is C58H59N. The van der Waals surface area contributed by atoms with E-state index in [0.29, 0.717) is 11.8 Å². The van der Waals surface area contributed by atoms with E-state index in [1.807, 2.05) is 0 Å². The molecule has 1 aliphatic heterocycles. The largest absolute Gasteiger partial charge is 0.280 e. The number of fused-ring (bicyclic) bond motifs is 4. The molecule has 5 unspecified atom stereocenters. The van der Waals surface area contributed by atoms with Crippen LogP contribution in [0.2, 0.25) is 0 Å². The SMILES string of the molecule is CCC1/C(c2ccc(/C3=C/C=C(/C)CCC(C)C3C)cc2)=C/CC(C)C(c2ccccc2)=NC1c1ccc(-c2cccc3c2-c2ccccc2C3(C)C)c2ccccc12. The average Bonchev–Trinajstić information content (AvgIpc) is 3.50. The third-order valence-electron chi connectivity index (χ3n) is 14.3. The summed E-state index contributed by atoms with van der Waals surface area (Å²) in [7, 11) is 0. The molecule has 0 amide bonds. The Kier molecular flexibility index (Phi) is 10.5. The molecule has 1 nitrogen and oxygen atoms in total. The quantitative estimate of drug-likeness (QED) is 0.160. The fourth-order valence-electron chi connectivity index (χ4n) is 10.6. The lowest BCUT2D eigenvalue weighted by Gasteiger charge is -2.32. The van der Waals surface area contributed by atoms with Gasteiger partial charge in [0.25, 0.3) is 0 Å². The summed E-state index contributed by atoms with van der Waals surface area (Å²) in [6.45, 7) is 16.6. The van der Waals surface area contributed by atoms with Crippen molar-refractivity contribution >= 4 is 27.6 Å². The molecule has 3 aliphatic rings. The highest BCUT2D eigenvalue weighted by Gasteiger charge is 2.37. The van der Waals surface area contributed by atoms with Gasteiger partial charge >= 0.3 is 0 Å². The van der Waals surface area contributed by atoms with Crippen LogP contribution < -0.4 is 0 Å². The van der Waals surface area contributed by atoms with Gasteiger partial charge in [-0.3, -0.25) is 4.99 Å². The molecule has 0 bridgehead atoms. The zero-order valence-electron chi connectivity index (χ0n) is 36.1. The molecule has 296 valence electrons. The Bertz CT molecular complexity index is 2650. The molecule has 2 aliphatic carbocycles. The topological polar surface area (TPSA) is 12.4 Å². The Hall–Kier alpha value is -5.53. The molecule has 1 heterocycles. The van der Waals surface area contributed by atoms with Crippen LogP contribution in [0.15, 0.2) is 162 Å². The van der Waals surface area contributed by atoms with Gasteiger partial charge in [-0.25, -0.2) is 0 Å². The zero-order valence-corrected chi connectivity index (χ0v) is 36.1. The first-order valence-electron chi connectivity index (χ1n) is 22.2. The normalized spacial score (nSPS) is 25.4. The predicted molar refractivity (Wildman–Crippen MR) is 254 cm³/mol. The number of hydrogen-bond acceptors (Lipinski definition) is 1. The summed E-state index contributed by atoms with van der Waals surface area (Å²) in [6.07, 6.45) is 11.7. The minimum absolute atomic E-state index is 0.0517. The van der Waals surface area contributed by atoms with Crippen molar-refractivity contribution in [2.75, 3.05) is 0 Å². The zero-order chi connectivity index (χ0) is 40.8. The van der Waals surface area contributed by atoms with E-state index in [9.17, 15) is 0 Å². The maximum Gasteiger partial charge on any atom is 0.0827 e. The van der Waals surface area contributed by atoms with Crippen LogP contribution in [0.5, 0.6) is 0 Å². The highest BCUT2D eigenvalue weighted by Crippen LogP contribution is 2.53. The van der Waals surface area contributed by atoms with Gasteiger partial charge in [0.2, 0.25) is 0 Å². The summed E-state index contributed by atoms with van der Waals surface area (Å²) in [5, 5.41) is 2.58. The van der Waals surface area contributed by atoms with Crippen molar-refractivity contribution in [2.45, 2.75) is 85.6 Å². The fourth-order valence-corrected chi connectivity index (χ4v) is 10.6. The van der Waals surface area contributed by atoms with E-state index < -0.39 is 0 Å². The maximum absolute atomic E-state index is 5.94. The molecule has 1 heteroatoms. The Morgan fingerprint density at radius 2 is 1.27 bits per heavy atom. The number of hydrogen-bond donors (Lipinski definition) is 0. The lowest BCUT2D eigenvalue weighted by molar-refractivity contribution is 0.436. The smallest absolute Gasteiger partial charge is 0.0827 e.